The highest BCUT2D eigenvalue weighted by molar-refractivity contribution is 6.99. The molecular weight excluding hydrogens is 838 g/mol. The molecular formula is C36H29ClF6N8O5S2. The van der Waals surface area contributed by atoms with Gasteiger partial charge >= 0.3 is 5.97 Å². The maximum absolute atomic E-state index is 14.3. The molecule has 304 valence electrons. The molecule has 0 aliphatic rings. The van der Waals surface area contributed by atoms with Gasteiger partial charge in [-0.3, -0.25) is 10.0 Å². The third-order valence-electron chi connectivity index (χ3n) is 8.10. The van der Waals surface area contributed by atoms with E-state index in [4.69, 9.17) is 21.5 Å². The molecule has 0 radical (unpaired) electrons. The van der Waals surface area contributed by atoms with Gasteiger partial charge in [0.05, 0.1) is 46.0 Å². The predicted molar refractivity (Wildman–Crippen MR) is 205 cm³/mol. The summed E-state index contributed by atoms with van der Waals surface area (Å²) in [6, 6.07) is 10.7. The van der Waals surface area contributed by atoms with Crippen molar-refractivity contribution >= 4 is 69.7 Å². The highest BCUT2D eigenvalue weighted by atomic mass is 35.5. The highest BCUT2D eigenvalue weighted by Gasteiger charge is 2.25. The van der Waals surface area contributed by atoms with Crippen molar-refractivity contribution < 1.29 is 51.0 Å². The Morgan fingerprint density at radius 1 is 0.741 bits per heavy atom. The summed E-state index contributed by atoms with van der Waals surface area (Å²) in [5.74, 6) is -12.3. The summed E-state index contributed by atoms with van der Waals surface area (Å²) >= 11 is 7.89. The molecule has 0 unspecified atom stereocenters. The largest absolute Gasteiger partial charge is 0.478 e. The summed E-state index contributed by atoms with van der Waals surface area (Å²) < 4.78 is 105. The molecule has 1 amide bonds. The van der Waals surface area contributed by atoms with Crippen molar-refractivity contribution in [2.45, 2.75) is 13.8 Å². The lowest BCUT2D eigenvalue weighted by Crippen LogP contribution is -2.21. The van der Waals surface area contributed by atoms with E-state index in [2.05, 4.69) is 28.1 Å². The monoisotopic (exact) mass is 866 g/mol. The van der Waals surface area contributed by atoms with Gasteiger partial charge in [-0.05, 0) is 75.5 Å². The molecule has 4 aromatic carbocycles. The van der Waals surface area contributed by atoms with E-state index < -0.39 is 69.3 Å². The minimum absolute atomic E-state index is 0.230. The summed E-state index contributed by atoms with van der Waals surface area (Å²) in [5.41, 5.74) is 2.78. The SMILES string of the molecule is Cc1cc(-c2nsnc2Cl)ccc1Nc1c(C(=O)NO)cc(F)c(F)c1F.Cc1cc(-c2nsnc2OCCN(C)C)ccc1Nc1c(C(=O)O)cc(F)c(F)c1F. The first-order chi connectivity index (χ1) is 27.5. The molecule has 0 saturated heterocycles. The van der Waals surface area contributed by atoms with Crippen molar-refractivity contribution in [3.8, 4) is 28.4 Å². The minimum Gasteiger partial charge on any atom is -0.478 e. The first-order valence-electron chi connectivity index (χ1n) is 16.4. The number of likely N-dealkylation sites (N-methyl/N-ethyl adjacent to an activating group) is 1. The third-order valence-corrected chi connectivity index (χ3v) is 9.51. The van der Waals surface area contributed by atoms with E-state index in [0.29, 0.717) is 76.2 Å². The number of carboxylic acid groups (broad SMARTS) is 1. The van der Waals surface area contributed by atoms with Gasteiger partial charge in [-0.1, -0.05) is 23.7 Å². The smallest absolute Gasteiger partial charge is 0.338 e. The molecule has 0 atom stereocenters. The Bertz CT molecular complexity index is 2510. The van der Waals surface area contributed by atoms with Crippen LogP contribution in [0.15, 0.2) is 48.5 Å². The number of carbonyl (C=O) groups is 2. The number of rotatable bonds is 12. The second-order valence-corrected chi connectivity index (χ2v) is 13.8. The van der Waals surface area contributed by atoms with Crippen LogP contribution < -0.4 is 20.9 Å². The van der Waals surface area contributed by atoms with Crippen LogP contribution >= 0.6 is 35.1 Å². The minimum atomic E-state index is -1.75. The van der Waals surface area contributed by atoms with E-state index in [1.165, 1.54) is 11.5 Å². The molecule has 0 spiro atoms. The molecule has 2 heterocycles. The molecule has 2 aromatic heterocycles. The van der Waals surface area contributed by atoms with Crippen LogP contribution in [0.25, 0.3) is 22.5 Å². The maximum atomic E-state index is 14.3. The predicted octanol–water partition coefficient (Wildman–Crippen LogP) is 8.76. The molecule has 5 N–H and O–H groups in total. The van der Waals surface area contributed by atoms with Crippen molar-refractivity contribution in [2.24, 2.45) is 0 Å². The van der Waals surface area contributed by atoms with Crippen molar-refractivity contribution in [1.29, 1.82) is 0 Å². The molecule has 0 fully saturated rings. The zero-order valence-electron chi connectivity index (χ0n) is 30.4. The van der Waals surface area contributed by atoms with E-state index in [0.717, 1.165) is 23.5 Å². The van der Waals surface area contributed by atoms with Crippen molar-refractivity contribution in [1.82, 2.24) is 27.9 Å². The number of aromatic carboxylic acids is 1. The number of anilines is 4. The highest BCUT2D eigenvalue weighted by Crippen LogP contribution is 2.35. The zero-order chi connectivity index (χ0) is 42.4. The van der Waals surface area contributed by atoms with E-state index in [1.807, 2.05) is 19.0 Å². The molecule has 13 nitrogen and oxygen atoms in total. The number of carbonyl (C=O) groups excluding carboxylic acids is 1. The summed E-state index contributed by atoms with van der Waals surface area (Å²) in [6.07, 6.45) is 0. The van der Waals surface area contributed by atoms with Crippen LogP contribution in [0.2, 0.25) is 5.15 Å². The number of carboxylic acids is 1. The first kappa shape index (κ1) is 43.3. The number of nitrogens with one attached hydrogen (secondary N) is 3. The van der Waals surface area contributed by atoms with Crippen molar-refractivity contribution in [3.05, 3.63) is 111 Å². The Morgan fingerprint density at radius 3 is 1.72 bits per heavy atom. The fourth-order valence-electron chi connectivity index (χ4n) is 5.14. The number of benzene rings is 4. The lowest BCUT2D eigenvalue weighted by atomic mass is 10.1. The second-order valence-electron chi connectivity index (χ2n) is 12.3. The molecule has 0 aliphatic carbocycles. The zero-order valence-corrected chi connectivity index (χ0v) is 32.7. The Hall–Kier alpha value is -5.87. The van der Waals surface area contributed by atoms with E-state index in [-0.39, 0.29) is 5.15 Å². The van der Waals surface area contributed by atoms with Gasteiger partial charge in [0.1, 0.15) is 18.0 Å². The third kappa shape index (κ3) is 9.62. The lowest BCUT2D eigenvalue weighted by molar-refractivity contribution is 0.0693. The normalized spacial score (nSPS) is 10.9. The lowest BCUT2D eigenvalue weighted by Gasteiger charge is -2.15. The van der Waals surface area contributed by atoms with Gasteiger partial charge in [-0.2, -0.15) is 13.1 Å². The number of amides is 1. The second kappa shape index (κ2) is 18.6. The van der Waals surface area contributed by atoms with Crippen molar-refractivity contribution in [2.75, 3.05) is 37.9 Å². The number of halogens is 7. The summed E-state index contributed by atoms with van der Waals surface area (Å²) in [5, 5.41) is 23.3. The van der Waals surface area contributed by atoms with Gasteiger partial charge in [0.2, 0.25) is 0 Å². The standard InChI is InChI=1S/C20H19F3N4O3S.C16H10ClF3N4O2S/c1-10-8-11(17-19(26-31-25-17)30-7-6-27(2)3)4-5-14(10)24-18-12(20(28)29)9-13(21)15(22)16(18)23;1-6-4-7(13-15(17)24-27-23-13)2-3-10(6)21-14-8(16(25)22-26)5-9(18)11(19)12(14)20/h4-5,8-9,24H,6-7H2,1-3H3,(H,28,29);2-5,21,26H,1H3,(H,22,25). The van der Waals surface area contributed by atoms with Crippen LogP contribution in [-0.2, 0) is 0 Å². The molecule has 0 bridgehead atoms. The number of hydrogen-bond donors (Lipinski definition) is 5. The van der Waals surface area contributed by atoms with Gasteiger partial charge in [-0.15, -0.1) is 4.37 Å². The number of nitrogens with zero attached hydrogens (tertiary/aromatic N) is 5. The molecule has 22 heteroatoms. The topological polar surface area (TPSA) is 175 Å². The van der Waals surface area contributed by atoms with Gasteiger partial charge in [0.25, 0.3) is 11.8 Å². The number of aromatic nitrogens is 4. The van der Waals surface area contributed by atoms with Crippen LogP contribution in [0, 0.1) is 48.8 Å². The van der Waals surface area contributed by atoms with Crippen LogP contribution in [0.5, 0.6) is 5.88 Å². The number of hydroxylamine groups is 1. The molecule has 6 aromatic rings. The number of ether oxygens (including phenoxy) is 1. The van der Waals surface area contributed by atoms with Crippen LogP contribution in [0.3, 0.4) is 0 Å². The summed E-state index contributed by atoms with van der Waals surface area (Å²) in [4.78, 5) is 25.0. The van der Waals surface area contributed by atoms with Crippen molar-refractivity contribution in [3.63, 3.8) is 0 Å². The Labute approximate surface area is 338 Å². The van der Waals surface area contributed by atoms with E-state index in [9.17, 15) is 41.0 Å². The average molecular weight is 867 g/mol. The molecule has 0 aliphatic heterocycles. The number of aryl methyl sites for hydroxylation is 2. The maximum Gasteiger partial charge on any atom is 0.338 e. The number of hydrogen-bond acceptors (Lipinski definition) is 13. The van der Waals surface area contributed by atoms with E-state index >= 15 is 0 Å². The summed E-state index contributed by atoms with van der Waals surface area (Å²) in [6.45, 7) is 4.49. The Morgan fingerprint density at radius 2 is 1.24 bits per heavy atom. The Kier molecular flexibility index (Phi) is 13.9. The molecule has 6 rings (SSSR count). The van der Waals surface area contributed by atoms with Gasteiger partial charge in [0, 0.05) is 29.0 Å². The van der Waals surface area contributed by atoms with E-state index in [1.54, 1.807) is 44.2 Å². The van der Waals surface area contributed by atoms with Gasteiger partial charge in [0.15, 0.2) is 40.1 Å². The molecule has 58 heavy (non-hydrogen) atoms. The van der Waals surface area contributed by atoms with Gasteiger partial charge in [-0.25, -0.2) is 36.6 Å². The summed E-state index contributed by atoms with van der Waals surface area (Å²) in [7, 11) is 3.84. The average Bonchev–Trinajstić information content (AvgIpc) is 3.84. The fraction of sp³-hybridized carbons (Fsp3) is 0.167. The van der Waals surface area contributed by atoms with Crippen LogP contribution in [0.4, 0.5) is 49.1 Å². The quantitative estimate of drug-likeness (QED) is 0.0343. The molecule has 0 saturated carbocycles. The Balaban J connectivity index is 0.000000223. The fourth-order valence-corrected chi connectivity index (χ4v) is 6.43. The first-order valence-corrected chi connectivity index (χ1v) is 18.2. The van der Waals surface area contributed by atoms with Crippen LogP contribution in [0.1, 0.15) is 31.8 Å². The van der Waals surface area contributed by atoms with Crippen LogP contribution in [-0.4, -0.2) is 71.8 Å². The van der Waals surface area contributed by atoms with Gasteiger partial charge < -0.3 is 25.4 Å².